The van der Waals surface area contributed by atoms with Crippen molar-refractivity contribution in [2.75, 3.05) is 37.6 Å². The van der Waals surface area contributed by atoms with Crippen LogP contribution in [0.3, 0.4) is 0 Å². The quantitative estimate of drug-likeness (QED) is 0.763. The minimum atomic E-state index is -0.347. The molecule has 1 saturated heterocycles. The number of hydrogen-bond donors (Lipinski definition) is 1. The van der Waals surface area contributed by atoms with Gasteiger partial charge in [-0.15, -0.1) is 15.3 Å². The Bertz CT molecular complexity index is 904. The number of aromatic nitrogens is 4. The predicted molar refractivity (Wildman–Crippen MR) is 96.5 cm³/mol. The van der Waals surface area contributed by atoms with Gasteiger partial charge in [0.2, 0.25) is 0 Å². The lowest BCUT2D eigenvalue weighted by Crippen LogP contribution is -2.48. The maximum Gasteiger partial charge on any atom is 0.188 e. The van der Waals surface area contributed by atoms with E-state index in [-0.39, 0.29) is 11.9 Å². The van der Waals surface area contributed by atoms with Crippen LogP contribution < -0.4 is 4.90 Å². The molecule has 1 atom stereocenters. The van der Waals surface area contributed by atoms with Crippen LogP contribution in [-0.4, -0.2) is 68.6 Å². The minimum Gasteiger partial charge on any atom is -0.392 e. The lowest BCUT2D eigenvalue weighted by Gasteiger charge is -2.35. The summed E-state index contributed by atoms with van der Waals surface area (Å²) in [6, 6.07) is 10.3. The topological polar surface area (TPSA) is 69.8 Å². The van der Waals surface area contributed by atoms with Gasteiger partial charge < -0.3 is 10.0 Å². The summed E-state index contributed by atoms with van der Waals surface area (Å²) in [7, 11) is 0. The van der Waals surface area contributed by atoms with Gasteiger partial charge in [0.05, 0.1) is 11.7 Å². The fourth-order valence-electron chi connectivity index (χ4n) is 3.29. The Morgan fingerprint density at radius 3 is 2.58 bits per heavy atom. The van der Waals surface area contributed by atoms with Crippen LogP contribution >= 0.6 is 0 Å². The Morgan fingerprint density at radius 1 is 1.08 bits per heavy atom. The summed E-state index contributed by atoms with van der Waals surface area (Å²) in [6.45, 7) is 5.87. The van der Waals surface area contributed by atoms with Crippen molar-refractivity contribution >= 4 is 11.5 Å². The van der Waals surface area contributed by atoms with Crippen molar-refractivity contribution in [2.24, 2.45) is 0 Å². The fraction of sp³-hybridized carbons (Fsp3) is 0.389. The van der Waals surface area contributed by atoms with Crippen molar-refractivity contribution in [3.63, 3.8) is 0 Å². The molecule has 0 bridgehead atoms. The summed E-state index contributed by atoms with van der Waals surface area (Å²) >= 11 is 0. The number of halogens is 1. The van der Waals surface area contributed by atoms with E-state index in [4.69, 9.17) is 0 Å². The Morgan fingerprint density at radius 2 is 1.85 bits per heavy atom. The van der Waals surface area contributed by atoms with E-state index in [2.05, 4.69) is 25.1 Å². The zero-order valence-electron chi connectivity index (χ0n) is 14.6. The number of rotatable bonds is 4. The second-order valence-electron chi connectivity index (χ2n) is 6.60. The molecular formula is C18H21FN6O. The molecule has 1 aliphatic rings. The molecule has 0 unspecified atom stereocenters. The zero-order valence-corrected chi connectivity index (χ0v) is 14.6. The van der Waals surface area contributed by atoms with Crippen LogP contribution in [0.2, 0.25) is 0 Å². The summed E-state index contributed by atoms with van der Waals surface area (Å²) in [4.78, 5) is 4.42. The Kier molecular flexibility index (Phi) is 4.52. The van der Waals surface area contributed by atoms with E-state index in [1.807, 2.05) is 12.1 Å². The van der Waals surface area contributed by atoms with Gasteiger partial charge in [0.15, 0.2) is 11.5 Å². The SMILES string of the molecule is C[C@@H](O)CN1CCN(c2ccc3nnc(-c4ccccc4F)n3n2)CC1. The first-order valence-corrected chi connectivity index (χ1v) is 8.74. The lowest BCUT2D eigenvalue weighted by atomic mass is 10.2. The van der Waals surface area contributed by atoms with Crippen LogP contribution in [0.1, 0.15) is 6.92 Å². The van der Waals surface area contributed by atoms with Crippen LogP contribution in [-0.2, 0) is 0 Å². The van der Waals surface area contributed by atoms with E-state index in [0.717, 1.165) is 32.0 Å². The van der Waals surface area contributed by atoms with E-state index >= 15 is 0 Å². The molecule has 1 fully saturated rings. The van der Waals surface area contributed by atoms with Crippen LogP contribution in [0, 0.1) is 5.82 Å². The molecule has 2 aromatic heterocycles. The van der Waals surface area contributed by atoms with Crippen molar-refractivity contribution in [3.05, 3.63) is 42.2 Å². The highest BCUT2D eigenvalue weighted by atomic mass is 19.1. The minimum absolute atomic E-state index is 0.323. The maximum absolute atomic E-state index is 14.1. The highest BCUT2D eigenvalue weighted by molar-refractivity contribution is 5.60. The Balaban J connectivity index is 1.60. The zero-order chi connectivity index (χ0) is 18.1. The molecule has 136 valence electrons. The molecule has 1 N–H and O–H groups in total. The van der Waals surface area contributed by atoms with E-state index in [1.165, 1.54) is 6.07 Å². The number of β-amino-alcohol motifs (C(OH)–C–C–N with tert-alkyl or cyclic N) is 1. The van der Waals surface area contributed by atoms with Gasteiger partial charge in [0, 0.05) is 32.7 Å². The third-order valence-electron chi connectivity index (χ3n) is 4.58. The van der Waals surface area contributed by atoms with E-state index in [1.54, 1.807) is 29.6 Å². The molecule has 0 saturated carbocycles. The highest BCUT2D eigenvalue weighted by Gasteiger charge is 2.20. The first-order valence-electron chi connectivity index (χ1n) is 8.74. The molecule has 3 heterocycles. The Hall–Kier alpha value is -2.58. The van der Waals surface area contributed by atoms with E-state index in [0.29, 0.717) is 23.6 Å². The molecule has 1 aliphatic heterocycles. The third kappa shape index (κ3) is 3.25. The summed E-state index contributed by atoms with van der Waals surface area (Å²) in [5, 5.41) is 22.4. The maximum atomic E-state index is 14.1. The first-order chi connectivity index (χ1) is 12.6. The van der Waals surface area contributed by atoms with Gasteiger partial charge in [-0.1, -0.05) is 12.1 Å². The number of hydrogen-bond acceptors (Lipinski definition) is 6. The monoisotopic (exact) mass is 356 g/mol. The van der Waals surface area contributed by atoms with Crippen molar-refractivity contribution in [2.45, 2.75) is 13.0 Å². The molecule has 4 rings (SSSR count). The summed E-state index contributed by atoms with van der Waals surface area (Å²) in [5.41, 5.74) is 0.964. The first kappa shape index (κ1) is 16.9. The average Bonchev–Trinajstić information content (AvgIpc) is 3.05. The number of aliphatic hydroxyl groups excluding tert-OH is 1. The molecule has 8 heteroatoms. The standard InChI is InChI=1S/C18H21FN6O/c1-13(26)12-23-8-10-24(11-9-23)17-7-6-16-20-21-18(25(16)22-17)14-4-2-3-5-15(14)19/h2-7,13,26H,8-12H2,1H3/t13-/m1/s1. The van der Waals surface area contributed by atoms with Crippen molar-refractivity contribution < 1.29 is 9.50 Å². The van der Waals surface area contributed by atoms with Crippen LogP contribution in [0.4, 0.5) is 10.2 Å². The number of nitrogens with zero attached hydrogens (tertiary/aromatic N) is 6. The van der Waals surface area contributed by atoms with Crippen molar-refractivity contribution in [3.8, 4) is 11.4 Å². The molecular weight excluding hydrogens is 335 g/mol. The molecule has 1 aromatic carbocycles. The number of aliphatic hydroxyl groups is 1. The summed E-state index contributed by atoms with van der Waals surface area (Å²) < 4.78 is 15.7. The molecule has 0 aliphatic carbocycles. The van der Waals surface area contributed by atoms with Gasteiger partial charge in [-0.3, -0.25) is 4.90 Å². The normalized spacial score (nSPS) is 17.0. The van der Waals surface area contributed by atoms with Crippen molar-refractivity contribution in [1.29, 1.82) is 0 Å². The smallest absolute Gasteiger partial charge is 0.188 e. The van der Waals surface area contributed by atoms with Gasteiger partial charge >= 0.3 is 0 Å². The molecule has 26 heavy (non-hydrogen) atoms. The van der Waals surface area contributed by atoms with E-state index < -0.39 is 0 Å². The lowest BCUT2D eigenvalue weighted by molar-refractivity contribution is 0.122. The van der Waals surface area contributed by atoms with Gasteiger partial charge in [-0.2, -0.15) is 4.52 Å². The molecule has 0 radical (unpaired) electrons. The van der Waals surface area contributed by atoms with Gasteiger partial charge in [-0.05, 0) is 31.2 Å². The predicted octanol–water partition coefficient (Wildman–Crippen LogP) is 1.43. The van der Waals surface area contributed by atoms with Gasteiger partial charge in [0.1, 0.15) is 11.6 Å². The number of anilines is 1. The molecule has 7 nitrogen and oxygen atoms in total. The Labute approximate surface area is 150 Å². The molecule has 3 aromatic rings. The second kappa shape index (κ2) is 6.97. The fourth-order valence-corrected chi connectivity index (χ4v) is 3.29. The van der Waals surface area contributed by atoms with Gasteiger partial charge in [-0.25, -0.2) is 4.39 Å². The largest absolute Gasteiger partial charge is 0.392 e. The van der Waals surface area contributed by atoms with Crippen LogP contribution in [0.25, 0.3) is 17.0 Å². The van der Waals surface area contributed by atoms with E-state index in [9.17, 15) is 9.50 Å². The van der Waals surface area contributed by atoms with Gasteiger partial charge in [0.25, 0.3) is 0 Å². The van der Waals surface area contributed by atoms with Crippen molar-refractivity contribution in [1.82, 2.24) is 24.7 Å². The number of benzene rings is 1. The van der Waals surface area contributed by atoms with Crippen LogP contribution in [0.5, 0.6) is 0 Å². The number of fused-ring (bicyclic) bond motifs is 1. The molecule has 0 spiro atoms. The highest BCUT2D eigenvalue weighted by Crippen LogP contribution is 2.22. The average molecular weight is 356 g/mol. The van der Waals surface area contributed by atoms with Crippen LogP contribution in [0.15, 0.2) is 36.4 Å². The summed E-state index contributed by atoms with van der Waals surface area (Å²) in [6.07, 6.45) is -0.323. The third-order valence-corrected chi connectivity index (χ3v) is 4.58. The number of piperazine rings is 1. The second-order valence-corrected chi connectivity index (χ2v) is 6.60. The molecule has 0 amide bonds. The summed E-state index contributed by atoms with van der Waals surface area (Å²) in [5.74, 6) is 0.861.